The molecule has 2 aliphatic heterocycles. The molecular formula is C36H38ClN9O4. The quantitative estimate of drug-likeness (QED) is 0.254. The van der Waals surface area contributed by atoms with Gasteiger partial charge in [0.25, 0.3) is 5.91 Å². The summed E-state index contributed by atoms with van der Waals surface area (Å²) < 4.78 is 7.71. The number of rotatable bonds is 5. The van der Waals surface area contributed by atoms with Crippen molar-refractivity contribution < 1.29 is 19.1 Å². The molecule has 1 fully saturated rings. The third-order valence-corrected chi connectivity index (χ3v) is 8.78. The van der Waals surface area contributed by atoms with Crippen LogP contribution in [0.1, 0.15) is 39.2 Å². The number of carbonyl (C=O) groups excluding carboxylic acids is 3. The number of fused-ring (bicyclic) bond motifs is 2. The van der Waals surface area contributed by atoms with Gasteiger partial charge in [0.15, 0.2) is 5.69 Å². The number of aryl methyl sites for hydroxylation is 2. The van der Waals surface area contributed by atoms with E-state index in [0.717, 1.165) is 41.3 Å². The SMILES string of the molecule is CN1CCN(C(=O)O[C@H]2c3nccnc3C(=O)N2c2ccc(Cl)cn2)CC1.Cc1ccc(-c2nc3ccc(C)cn3c2CC(=O)N(C)C)cc1. The van der Waals surface area contributed by atoms with Crippen molar-refractivity contribution in [3.8, 4) is 11.3 Å². The zero-order valence-corrected chi connectivity index (χ0v) is 29.3. The van der Waals surface area contributed by atoms with Gasteiger partial charge in [-0.15, -0.1) is 0 Å². The Hall–Kier alpha value is -5.40. The summed E-state index contributed by atoms with van der Waals surface area (Å²) in [7, 11) is 5.56. The zero-order valence-electron chi connectivity index (χ0n) is 28.6. The fourth-order valence-electron chi connectivity index (χ4n) is 5.65. The van der Waals surface area contributed by atoms with Gasteiger partial charge >= 0.3 is 6.09 Å². The molecule has 7 rings (SSSR count). The Balaban J connectivity index is 0.000000175. The number of halogens is 1. The third-order valence-electron chi connectivity index (χ3n) is 8.56. The molecule has 0 bridgehead atoms. The second kappa shape index (κ2) is 14.6. The van der Waals surface area contributed by atoms with Gasteiger partial charge in [-0.3, -0.25) is 14.6 Å². The summed E-state index contributed by atoms with van der Waals surface area (Å²) in [6, 6.07) is 15.5. The van der Waals surface area contributed by atoms with Gasteiger partial charge in [0.05, 0.1) is 22.8 Å². The number of amides is 3. The molecule has 0 radical (unpaired) electrons. The molecule has 0 N–H and O–H groups in total. The van der Waals surface area contributed by atoms with Crippen LogP contribution in [-0.4, -0.2) is 104 Å². The monoisotopic (exact) mass is 695 g/mol. The average molecular weight is 696 g/mol. The van der Waals surface area contributed by atoms with E-state index in [2.05, 4.69) is 51.0 Å². The first-order valence-corrected chi connectivity index (χ1v) is 16.5. The van der Waals surface area contributed by atoms with Crippen LogP contribution in [0.2, 0.25) is 5.02 Å². The van der Waals surface area contributed by atoms with Crippen molar-refractivity contribution >= 4 is 41.0 Å². The molecule has 5 aromatic rings. The summed E-state index contributed by atoms with van der Waals surface area (Å²) in [5.41, 5.74) is 6.51. The van der Waals surface area contributed by atoms with Gasteiger partial charge in [0, 0.05) is 70.6 Å². The van der Waals surface area contributed by atoms with E-state index in [1.54, 1.807) is 36.0 Å². The minimum Gasteiger partial charge on any atom is -0.419 e. The lowest BCUT2D eigenvalue weighted by Crippen LogP contribution is -2.48. The summed E-state index contributed by atoms with van der Waals surface area (Å²) >= 11 is 5.89. The van der Waals surface area contributed by atoms with E-state index in [1.807, 2.05) is 36.7 Å². The normalized spacial score (nSPS) is 15.8. The predicted molar refractivity (Wildman–Crippen MR) is 189 cm³/mol. The number of hydrogen-bond acceptors (Lipinski definition) is 9. The lowest BCUT2D eigenvalue weighted by atomic mass is 10.1. The highest BCUT2D eigenvalue weighted by molar-refractivity contribution is 6.30. The molecule has 6 heterocycles. The summed E-state index contributed by atoms with van der Waals surface area (Å²) in [6.45, 7) is 6.75. The maximum absolute atomic E-state index is 12.8. The van der Waals surface area contributed by atoms with Crippen LogP contribution in [0.5, 0.6) is 0 Å². The summed E-state index contributed by atoms with van der Waals surface area (Å²) in [5.74, 6) is -0.0499. The minimum atomic E-state index is -1.03. The number of pyridine rings is 2. The van der Waals surface area contributed by atoms with Crippen molar-refractivity contribution in [3.05, 3.63) is 107 Å². The lowest BCUT2D eigenvalue weighted by molar-refractivity contribution is -0.128. The topological polar surface area (TPSA) is 129 Å². The number of benzene rings is 1. The van der Waals surface area contributed by atoms with E-state index < -0.39 is 18.2 Å². The summed E-state index contributed by atoms with van der Waals surface area (Å²) in [6.07, 6.45) is 5.16. The van der Waals surface area contributed by atoms with E-state index in [1.165, 1.54) is 29.1 Å². The molecule has 1 saturated heterocycles. The van der Waals surface area contributed by atoms with E-state index in [9.17, 15) is 14.4 Å². The van der Waals surface area contributed by atoms with Crippen LogP contribution in [0.4, 0.5) is 10.6 Å². The van der Waals surface area contributed by atoms with Gasteiger partial charge in [-0.1, -0.05) is 47.5 Å². The maximum atomic E-state index is 12.8. The Kier molecular flexibility index (Phi) is 10.1. The number of imidazole rings is 1. The van der Waals surface area contributed by atoms with Gasteiger partial charge in [-0.2, -0.15) is 0 Å². The van der Waals surface area contributed by atoms with Crippen LogP contribution in [0.3, 0.4) is 0 Å². The van der Waals surface area contributed by atoms with Crippen LogP contribution < -0.4 is 4.90 Å². The number of aromatic nitrogens is 5. The molecule has 4 aromatic heterocycles. The molecule has 1 atom stereocenters. The van der Waals surface area contributed by atoms with Crippen LogP contribution in [-0.2, 0) is 16.0 Å². The highest BCUT2D eigenvalue weighted by atomic mass is 35.5. The molecule has 1 aromatic carbocycles. The molecule has 0 aliphatic carbocycles. The van der Waals surface area contributed by atoms with Gasteiger partial charge in [-0.05, 0) is 44.7 Å². The second-order valence-corrected chi connectivity index (χ2v) is 12.9. The third kappa shape index (κ3) is 7.28. The van der Waals surface area contributed by atoms with Crippen molar-refractivity contribution in [3.63, 3.8) is 0 Å². The Morgan fingerprint density at radius 3 is 2.28 bits per heavy atom. The number of likely N-dealkylation sites (N-methyl/N-ethyl adjacent to an activating group) is 2. The number of ether oxygens (including phenoxy) is 1. The molecular weight excluding hydrogens is 658 g/mol. The Morgan fingerprint density at radius 2 is 1.60 bits per heavy atom. The number of nitrogens with zero attached hydrogens (tertiary/aromatic N) is 9. The smallest absolute Gasteiger partial charge is 0.412 e. The first kappa shape index (κ1) is 34.5. The van der Waals surface area contributed by atoms with Gasteiger partial charge in [0.1, 0.15) is 17.2 Å². The lowest BCUT2D eigenvalue weighted by Gasteiger charge is -2.33. The number of anilines is 1. The van der Waals surface area contributed by atoms with E-state index in [4.69, 9.17) is 21.3 Å². The van der Waals surface area contributed by atoms with E-state index >= 15 is 0 Å². The first-order valence-electron chi connectivity index (χ1n) is 16.1. The number of carbonyl (C=O) groups is 3. The van der Waals surface area contributed by atoms with Crippen LogP contribution >= 0.6 is 11.6 Å². The maximum Gasteiger partial charge on any atom is 0.412 e. The number of hydrogen-bond donors (Lipinski definition) is 0. The van der Waals surface area contributed by atoms with Crippen molar-refractivity contribution in [2.75, 3.05) is 52.2 Å². The Bertz CT molecular complexity index is 2020. The summed E-state index contributed by atoms with van der Waals surface area (Å²) in [4.78, 5) is 61.6. The standard InChI is InChI=1S/C19H21N3O.C17H17ClN6O3/c1-13-5-8-15(9-6-13)19-16(11-18(23)21(3)4)22-12-14(2)7-10-17(22)20-19;1-22-6-8-23(9-7-22)17(26)27-16-14-13(19-4-5-20-14)15(25)24(16)12-3-2-11(18)10-21-12/h5-10,12H,11H2,1-4H3;2-5,10,16H,6-9H2,1H3/t;16-/m.0/s1. The van der Waals surface area contributed by atoms with Gasteiger partial charge < -0.3 is 23.8 Å². The fourth-order valence-corrected chi connectivity index (χ4v) is 5.76. The van der Waals surface area contributed by atoms with Crippen molar-refractivity contribution in [1.29, 1.82) is 0 Å². The molecule has 0 saturated carbocycles. The summed E-state index contributed by atoms with van der Waals surface area (Å²) in [5, 5.41) is 0.435. The average Bonchev–Trinajstić information content (AvgIpc) is 3.59. The molecule has 3 amide bonds. The predicted octanol–water partition coefficient (Wildman–Crippen LogP) is 4.82. The number of piperazine rings is 1. The van der Waals surface area contributed by atoms with Gasteiger partial charge in [-0.25, -0.2) is 24.6 Å². The zero-order chi connectivity index (χ0) is 35.5. The molecule has 50 heavy (non-hydrogen) atoms. The van der Waals surface area contributed by atoms with E-state index in [-0.39, 0.29) is 11.6 Å². The van der Waals surface area contributed by atoms with Crippen LogP contribution in [0.15, 0.2) is 73.3 Å². The molecule has 14 heteroatoms. The molecule has 0 spiro atoms. The van der Waals surface area contributed by atoms with Crippen LogP contribution in [0.25, 0.3) is 16.9 Å². The minimum absolute atomic E-state index is 0.0710. The fraction of sp³-hybridized carbons (Fsp3) is 0.306. The first-order chi connectivity index (χ1) is 24.0. The van der Waals surface area contributed by atoms with Crippen molar-refractivity contribution in [2.24, 2.45) is 0 Å². The molecule has 0 unspecified atom stereocenters. The van der Waals surface area contributed by atoms with Gasteiger partial charge in [0.2, 0.25) is 12.1 Å². The Labute approximate surface area is 295 Å². The Morgan fingerprint density at radius 1 is 0.900 bits per heavy atom. The molecule has 258 valence electrons. The molecule has 13 nitrogen and oxygen atoms in total. The van der Waals surface area contributed by atoms with E-state index in [0.29, 0.717) is 36.0 Å². The highest BCUT2D eigenvalue weighted by Gasteiger charge is 2.44. The molecule has 2 aliphatic rings. The highest BCUT2D eigenvalue weighted by Crippen LogP contribution is 2.36. The van der Waals surface area contributed by atoms with Crippen molar-refractivity contribution in [1.82, 2.24) is 39.0 Å². The van der Waals surface area contributed by atoms with Crippen molar-refractivity contribution in [2.45, 2.75) is 26.5 Å². The second-order valence-electron chi connectivity index (χ2n) is 12.5. The largest absolute Gasteiger partial charge is 0.419 e. The van der Waals surface area contributed by atoms with Crippen LogP contribution in [0, 0.1) is 13.8 Å².